The molecule has 0 saturated heterocycles. The summed E-state index contributed by atoms with van der Waals surface area (Å²) in [6.45, 7) is 0. The molecule has 2 atom stereocenters. The van der Waals surface area contributed by atoms with Crippen LogP contribution in [0.4, 0.5) is 14.9 Å². The Morgan fingerprint density at radius 1 is 1.12 bits per heavy atom. The highest BCUT2D eigenvalue weighted by molar-refractivity contribution is 7.99. The molecule has 0 aliphatic carbocycles. The number of methoxy groups -OCH3 is 1. The van der Waals surface area contributed by atoms with Gasteiger partial charge in [0.15, 0.2) is 0 Å². The van der Waals surface area contributed by atoms with Crippen molar-refractivity contribution in [3.63, 3.8) is 0 Å². The molecule has 3 aromatic rings. The zero-order chi connectivity index (χ0) is 23.1. The van der Waals surface area contributed by atoms with Crippen molar-refractivity contribution in [2.75, 3.05) is 18.2 Å². The molecule has 2 heterocycles. The smallest absolute Gasteiger partial charge is 0.342 e. The average Bonchev–Trinajstić information content (AvgIpc) is 3.19. The van der Waals surface area contributed by atoms with Crippen LogP contribution in [0.5, 0.6) is 5.75 Å². The molecule has 1 N–H and O–H groups in total. The van der Waals surface area contributed by atoms with Gasteiger partial charge in [-0.2, -0.15) is 5.10 Å². The van der Waals surface area contributed by atoms with Crippen LogP contribution >= 0.6 is 35.0 Å². The molecule has 5 nitrogen and oxygen atoms in total. The predicted octanol–water partition coefficient (Wildman–Crippen LogP) is 6.86. The summed E-state index contributed by atoms with van der Waals surface area (Å²) in [5.41, 5.74) is 2.78. The Hall–Kier alpha value is -2.74. The summed E-state index contributed by atoms with van der Waals surface area (Å²) < 4.78 is 19.4. The van der Waals surface area contributed by atoms with Gasteiger partial charge in [0.2, 0.25) is 0 Å². The van der Waals surface area contributed by atoms with E-state index in [1.54, 1.807) is 43.1 Å². The molecule has 0 saturated carbocycles. The third-order valence-electron chi connectivity index (χ3n) is 5.63. The number of hydrazone groups is 1. The first-order chi connectivity index (χ1) is 15.9. The number of benzene rings is 3. The number of rotatable bonds is 3. The van der Waals surface area contributed by atoms with Crippen LogP contribution in [0.2, 0.25) is 10.0 Å². The van der Waals surface area contributed by atoms with Gasteiger partial charge in [-0.05, 0) is 54.1 Å². The summed E-state index contributed by atoms with van der Waals surface area (Å²) >= 11 is 13.8. The van der Waals surface area contributed by atoms with Crippen LogP contribution in [0.3, 0.4) is 0 Å². The molecule has 2 unspecified atom stereocenters. The minimum Gasteiger partial charge on any atom is -0.497 e. The Kier molecular flexibility index (Phi) is 5.95. The van der Waals surface area contributed by atoms with Crippen LogP contribution in [-0.4, -0.2) is 29.6 Å². The molecule has 5 rings (SSSR count). The van der Waals surface area contributed by atoms with E-state index in [0.717, 1.165) is 16.0 Å². The van der Waals surface area contributed by atoms with Gasteiger partial charge in [-0.3, -0.25) is 0 Å². The van der Waals surface area contributed by atoms with E-state index in [0.29, 0.717) is 32.9 Å². The molecular weight excluding hydrogens is 484 g/mol. The number of carbonyl (C=O) groups is 1. The number of thioether (sulfide) groups is 1. The Bertz CT molecular complexity index is 1250. The summed E-state index contributed by atoms with van der Waals surface area (Å²) in [6.07, 6.45) is 0. The molecule has 3 aromatic carbocycles. The number of fused-ring (bicyclic) bond motifs is 3. The Balaban J connectivity index is 1.55. The van der Waals surface area contributed by atoms with Gasteiger partial charge in [-0.25, -0.2) is 14.2 Å². The number of halogens is 3. The summed E-state index contributed by atoms with van der Waals surface area (Å²) in [6, 6.07) is 16.2. The molecule has 9 heteroatoms. The van der Waals surface area contributed by atoms with Crippen molar-refractivity contribution in [1.82, 2.24) is 5.01 Å². The molecule has 2 aliphatic heterocycles. The zero-order valence-corrected chi connectivity index (χ0v) is 19.7. The fourth-order valence-electron chi connectivity index (χ4n) is 4.16. The number of nitrogens with zero attached hydrogens (tertiary/aromatic N) is 2. The molecular formula is C24H18Cl2FN3O2S. The lowest BCUT2D eigenvalue weighted by atomic mass is 9.88. The van der Waals surface area contributed by atoms with Gasteiger partial charge in [0.1, 0.15) is 11.6 Å². The molecule has 0 spiro atoms. The van der Waals surface area contributed by atoms with Crippen molar-refractivity contribution in [1.29, 1.82) is 0 Å². The van der Waals surface area contributed by atoms with Gasteiger partial charge in [0, 0.05) is 37.9 Å². The van der Waals surface area contributed by atoms with Crippen molar-refractivity contribution in [3.05, 3.63) is 87.7 Å². The van der Waals surface area contributed by atoms with E-state index in [1.165, 1.54) is 17.1 Å². The first-order valence-electron chi connectivity index (χ1n) is 10.1. The number of hydrogen-bond donors (Lipinski definition) is 1. The van der Waals surface area contributed by atoms with Gasteiger partial charge in [0.25, 0.3) is 0 Å². The third kappa shape index (κ3) is 4.28. The lowest BCUT2D eigenvalue weighted by Crippen LogP contribution is -2.35. The van der Waals surface area contributed by atoms with Gasteiger partial charge >= 0.3 is 6.03 Å². The lowest BCUT2D eigenvalue weighted by molar-refractivity contribution is 0.192. The van der Waals surface area contributed by atoms with E-state index >= 15 is 0 Å². The molecule has 33 heavy (non-hydrogen) atoms. The van der Waals surface area contributed by atoms with Crippen molar-refractivity contribution >= 4 is 52.4 Å². The largest absolute Gasteiger partial charge is 0.497 e. The van der Waals surface area contributed by atoms with Gasteiger partial charge in [-0.15, -0.1) is 11.8 Å². The molecule has 0 aromatic heterocycles. The maximum Gasteiger partial charge on any atom is 0.342 e. The Morgan fingerprint density at radius 3 is 2.55 bits per heavy atom. The van der Waals surface area contributed by atoms with Crippen molar-refractivity contribution < 1.29 is 13.9 Å². The molecule has 2 aliphatic rings. The first kappa shape index (κ1) is 22.1. The number of ether oxygens (including phenoxy) is 1. The normalized spacial score (nSPS) is 18.9. The van der Waals surface area contributed by atoms with Gasteiger partial charge < -0.3 is 10.1 Å². The van der Waals surface area contributed by atoms with E-state index in [2.05, 4.69) is 5.32 Å². The van der Waals surface area contributed by atoms with Gasteiger partial charge in [0.05, 0.1) is 18.9 Å². The fourth-order valence-corrected chi connectivity index (χ4v) is 5.87. The second-order valence-corrected chi connectivity index (χ2v) is 9.63. The standard InChI is InChI=1S/C24H18Cl2FN3O2S/c1-32-18-5-2-13(3-6-18)23-20-12-33-21-7-4-16(27)11-19(21)22(20)29-30(23)24(31)28-17-9-14(25)8-15(26)10-17/h2-11,20,23H,12H2,1H3,(H,28,31). The van der Waals surface area contributed by atoms with Gasteiger partial charge in [-0.1, -0.05) is 35.3 Å². The Labute approximate surface area is 204 Å². The van der Waals surface area contributed by atoms with Crippen LogP contribution < -0.4 is 10.1 Å². The monoisotopic (exact) mass is 501 g/mol. The van der Waals surface area contributed by atoms with Crippen LogP contribution in [0.25, 0.3) is 0 Å². The highest BCUT2D eigenvalue weighted by Gasteiger charge is 2.44. The molecule has 2 amide bonds. The number of hydrogen-bond acceptors (Lipinski definition) is 4. The molecule has 0 fully saturated rings. The molecule has 0 radical (unpaired) electrons. The number of amides is 2. The van der Waals surface area contributed by atoms with Crippen LogP contribution in [0, 0.1) is 11.7 Å². The Morgan fingerprint density at radius 2 is 1.85 bits per heavy atom. The van der Waals surface area contributed by atoms with E-state index in [4.69, 9.17) is 33.0 Å². The highest BCUT2D eigenvalue weighted by Crippen LogP contribution is 2.46. The SMILES string of the molecule is COc1ccc(C2C3CSc4ccc(F)cc4C3=NN2C(=O)Nc2cc(Cl)cc(Cl)c2)cc1. The quantitative estimate of drug-likeness (QED) is 0.426. The summed E-state index contributed by atoms with van der Waals surface area (Å²) in [4.78, 5) is 14.3. The van der Waals surface area contributed by atoms with E-state index < -0.39 is 6.03 Å². The molecule has 168 valence electrons. The number of carbonyl (C=O) groups excluding carboxylic acids is 1. The van der Waals surface area contributed by atoms with E-state index in [1.807, 2.05) is 24.3 Å². The molecule has 0 bridgehead atoms. The van der Waals surface area contributed by atoms with Crippen LogP contribution in [-0.2, 0) is 0 Å². The second-order valence-electron chi connectivity index (χ2n) is 7.69. The topological polar surface area (TPSA) is 53.9 Å². The lowest BCUT2D eigenvalue weighted by Gasteiger charge is -2.29. The minimum atomic E-state index is -0.431. The van der Waals surface area contributed by atoms with Crippen LogP contribution in [0.15, 0.2) is 70.7 Å². The van der Waals surface area contributed by atoms with E-state index in [9.17, 15) is 9.18 Å². The van der Waals surface area contributed by atoms with E-state index in [-0.39, 0.29) is 17.8 Å². The average molecular weight is 502 g/mol. The summed E-state index contributed by atoms with van der Waals surface area (Å²) in [5, 5.41) is 9.78. The minimum absolute atomic E-state index is 0.105. The zero-order valence-electron chi connectivity index (χ0n) is 17.4. The number of anilines is 1. The predicted molar refractivity (Wildman–Crippen MR) is 130 cm³/mol. The van der Waals surface area contributed by atoms with Crippen LogP contribution in [0.1, 0.15) is 17.2 Å². The first-order valence-corrected chi connectivity index (χ1v) is 11.9. The summed E-state index contributed by atoms with van der Waals surface area (Å²) in [7, 11) is 1.60. The van der Waals surface area contributed by atoms with Crippen molar-refractivity contribution in [3.8, 4) is 5.75 Å². The van der Waals surface area contributed by atoms with Crippen molar-refractivity contribution in [2.45, 2.75) is 10.9 Å². The highest BCUT2D eigenvalue weighted by atomic mass is 35.5. The number of urea groups is 1. The summed E-state index contributed by atoms with van der Waals surface area (Å²) in [5.74, 6) is 0.982. The maximum absolute atomic E-state index is 14.1. The number of nitrogens with one attached hydrogen (secondary N) is 1. The second kappa shape index (κ2) is 8.89. The fraction of sp³-hybridized carbons (Fsp3) is 0.167. The third-order valence-corrected chi connectivity index (χ3v) is 7.26. The maximum atomic E-state index is 14.1. The van der Waals surface area contributed by atoms with Crippen molar-refractivity contribution in [2.24, 2.45) is 11.0 Å².